The van der Waals surface area contributed by atoms with Gasteiger partial charge in [0.15, 0.2) is 0 Å². The third-order valence-electron chi connectivity index (χ3n) is 4.15. The van der Waals surface area contributed by atoms with Crippen LogP contribution in [0.3, 0.4) is 0 Å². The molecule has 1 saturated heterocycles. The highest BCUT2D eigenvalue weighted by atomic mass is 35.5. The molecule has 1 aromatic carbocycles. The third-order valence-corrected chi connectivity index (χ3v) is 5.34. The summed E-state index contributed by atoms with van der Waals surface area (Å²) in [4.78, 5) is 27.7. The van der Waals surface area contributed by atoms with Gasteiger partial charge in [-0.3, -0.25) is 9.59 Å². The van der Waals surface area contributed by atoms with Gasteiger partial charge in [0.05, 0.1) is 15.5 Å². The standard InChI is InChI=1S/C18H16ClN3O2S/c19-14-7-6-13(10-12(14)11-20)21-17(23)15-4-1-2-8-22(15)18(24)16-5-3-9-25-16/h3,5-7,9-10,15H,1-2,4,8H2,(H,21,23). The smallest absolute Gasteiger partial charge is 0.264 e. The average molecular weight is 374 g/mol. The van der Waals surface area contributed by atoms with E-state index in [-0.39, 0.29) is 11.8 Å². The van der Waals surface area contributed by atoms with Crippen molar-refractivity contribution in [1.29, 1.82) is 5.26 Å². The van der Waals surface area contributed by atoms with Crippen LogP contribution < -0.4 is 5.32 Å². The maximum absolute atomic E-state index is 12.7. The zero-order valence-corrected chi connectivity index (χ0v) is 14.9. The normalized spacial score (nSPS) is 17.0. The number of carbonyl (C=O) groups is 2. The first-order valence-electron chi connectivity index (χ1n) is 7.95. The molecule has 0 spiro atoms. The Hall–Kier alpha value is -2.36. The first-order valence-corrected chi connectivity index (χ1v) is 9.21. The molecule has 1 fully saturated rings. The van der Waals surface area contributed by atoms with Crippen LogP contribution in [0.4, 0.5) is 5.69 Å². The number of carbonyl (C=O) groups excluding carboxylic acids is 2. The van der Waals surface area contributed by atoms with E-state index in [9.17, 15) is 9.59 Å². The molecule has 1 aliphatic rings. The molecule has 128 valence electrons. The molecule has 1 atom stereocenters. The first kappa shape index (κ1) is 17.5. The second kappa shape index (κ2) is 7.68. The molecule has 2 aromatic rings. The van der Waals surface area contributed by atoms with Crippen LogP contribution in [0.15, 0.2) is 35.7 Å². The van der Waals surface area contributed by atoms with Gasteiger partial charge in [-0.25, -0.2) is 0 Å². The second-order valence-corrected chi connectivity index (χ2v) is 7.14. The second-order valence-electron chi connectivity index (χ2n) is 5.78. The van der Waals surface area contributed by atoms with Crippen molar-refractivity contribution in [3.63, 3.8) is 0 Å². The van der Waals surface area contributed by atoms with Crippen molar-refractivity contribution >= 4 is 40.4 Å². The predicted molar refractivity (Wildman–Crippen MR) is 97.8 cm³/mol. The fraction of sp³-hybridized carbons (Fsp3) is 0.278. The van der Waals surface area contributed by atoms with Crippen LogP contribution in [0.2, 0.25) is 5.02 Å². The maximum atomic E-state index is 12.7. The summed E-state index contributed by atoms with van der Waals surface area (Å²) in [5, 5.41) is 14.0. The molecule has 1 N–H and O–H groups in total. The minimum Gasteiger partial charge on any atom is -0.326 e. The average Bonchev–Trinajstić information content (AvgIpc) is 3.17. The Kier molecular flexibility index (Phi) is 5.37. The lowest BCUT2D eigenvalue weighted by Crippen LogP contribution is -2.49. The number of nitrogens with one attached hydrogen (secondary N) is 1. The van der Waals surface area contributed by atoms with Crippen molar-refractivity contribution in [2.75, 3.05) is 11.9 Å². The van der Waals surface area contributed by atoms with Crippen molar-refractivity contribution in [3.05, 3.63) is 51.2 Å². The third kappa shape index (κ3) is 3.84. The molecule has 3 rings (SSSR count). The number of nitrogens with zero attached hydrogens (tertiary/aromatic N) is 2. The number of piperidine rings is 1. The Balaban J connectivity index is 1.77. The van der Waals surface area contributed by atoms with Gasteiger partial charge in [0, 0.05) is 12.2 Å². The van der Waals surface area contributed by atoms with E-state index in [1.54, 1.807) is 23.1 Å². The summed E-state index contributed by atoms with van der Waals surface area (Å²) in [6.07, 6.45) is 2.42. The molecule has 5 nitrogen and oxygen atoms in total. The van der Waals surface area contributed by atoms with E-state index in [4.69, 9.17) is 16.9 Å². The fourth-order valence-electron chi connectivity index (χ4n) is 2.90. The molecule has 0 aliphatic carbocycles. The van der Waals surface area contributed by atoms with E-state index in [0.717, 1.165) is 12.8 Å². The Morgan fingerprint density at radius 2 is 2.16 bits per heavy atom. The zero-order valence-electron chi connectivity index (χ0n) is 13.4. The van der Waals surface area contributed by atoms with Gasteiger partial charge in [0.1, 0.15) is 12.1 Å². The van der Waals surface area contributed by atoms with Crippen LogP contribution in [0.1, 0.15) is 34.5 Å². The van der Waals surface area contributed by atoms with E-state index in [1.807, 2.05) is 17.5 Å². The number of benzene rings is 1. The summed E-state index contributed by atoms with van der Waals surface area (Å²) in [6, 6.07) is 9.84. The summed E-state index contributed by atoms with van der Waals surface area (Å²) >= 11 is 7.29. The number of rotatable bonds is 3. The quantitative estimate of drug-likeness (QED) is 0.886. The van der Waals surface area contributed by atoms with Crippen LogP contribution in [0.25, 0.3) is 0 Å². The monoisotopic (exact) mass is 373 g/mol. The molecule has 25 heavy (non-hydrogen) atoms. The molecular formula is C18H16ClN3O2S. The van der Waals surface area contributed by atoms with Crippen LogP contribution in [-0.2, 0) is 4.79 Å². The number of hydrogen-bond acceptors (Lipinski definition) is 4. The lowest BCUT2D eigenvalue weighted by atomic mass is 10.0. The molecule has 0 saturated carbocycles. The van der Waals surface area contributed by atoms with Gasteiger partial charge < -0.3 is 10.2 Å². The molecule has 0 bridgehead atoms. The van der Waals surface area contributed by atoms with Gasteiger partial charge in [-0.15, -0.1) is 11.3 Å². The lowest BCUT2D eigenvalue weighted by Gasteiger charge is -2.34. The number of anilines is 1. The van der Waals surface area contributed by atoms with Gasteiger partial charge in [0.2, 0.25) is 5.91 Å². The van der Waals surface area contributed by atoms with Crippen molar-refractivity contribution in [2.24, 2.45) is 0 Å². The van der Waals surface area contributed by atoms with Crippen molar-refractivity contribution in [3.8, 4) is 6.07 Å². The Morgan fingerprint density at radius 1 is 1.32 bits per heavy atom. The van der Waals surface area contributed by atoms with Gasteiger partial charge in [-0.05, 0) is 48.9 Å². The molecule has 1 unspecified atom stereocenters. The van der Waals surface area contributed by atoms with Gasteiger partial charge >= 0.3 is 0 Å². The molecule has 7 heteroatoms. The Bertz CT molecular complexity index is 829. The SMILES string of the molecule is N#Cc1cc(NC(=O)C2CCCCN2C(=O)c2cccs2)ccc1Cl. The topological polar surface area (TPSA) is 73.2 Å². The molecule has 1 aromatic heterocycles. The molecule has 0 radical (unpaired) electrons. The van der Waals surface area contributed by atoms with E-state index in [1.165, 1.54) is 17.4 Å². The van der Waals surface area contributed by atoms with E-state index < -0.39 is 6.04 Å². The highest BCUT2D eigenvalue weighted by molar-refractivity contribution is 7.12. The zero-order chi connectivity index (χ0) is 17.8. The largest absolute Gasteiger partial charge is 0.326 e. The Labute approximate surface area is 154 Å². The highest BCUT2D eigenvalue weighted by Gasteiger charge is 2.33. The summed E-state index contributed by atoms with van der Waals surface area (Å²) in [5.74, 6) is -0.348. The molecular weight excluding hydrogens is 358 g/mol. The number of nitriles is 1. The van der Waals surface area contributed by atoms with Crippen LogP contribution in [-0.4, -0.2) is 29.3 Å². The summed E-state index contributed by atoms with van der Waals surface area (Å²) in [7, 11) is 0. The van der Waals surface area contributed by atoms with Crippen molar-refractivity contribution in [1.82, 2.24) is 4.90 Å². The molecule has 2 heterocycles. The minimum atomic E-state index is -0.510. The number of likely N-dealkylation sites (tertiary alicyclic amines) is 1. The predicted octanol–water partition coefficient (Wildman–Crippen LogP) is 3.91. The minimum absolute atomic E-state index is 0.108. The Morgan fingerprint density at radius 3 is 2.88 bits per heavy atom. The number of halogens is 1. The molecule has 1 aliphatic heterocycles. The molecule has 2 amide bonds. The van der Waals surface area contributed by atoms with E-state index in [0.29, 0.717) is 34.1 Å². The van der Waals surface area contributed by atoms with Crippen molar-refractivity contribution < 1.29 is 9.59 Å². The van der Waals surface area contributed by atoms with E-state index >= 15 is 0 Å². The highest BCUT2D eigenvalue weighted by Crippen LogP contribution is 2.24. The van der Waals surface area contributed by atoms with Gasteiger partial charge in [-0.1, -0.05) is 17.7 Å². The fourth-order valence-corrected chi connectivity index (χ4v) is 3.74. The summed E-state index contributed by atoms with van der Waals surface area (Å²) in [6.45, 7) is 0.568. The van der Waals surface area contributed by atoms with Gasteiger partial charge in [-0.2, -0.15) is 5.26 Å². The van der Waals surface area contributed by atoms with Gasteiger partial charge in [0.25, 0.3) is 5.91 Å². The number of thiophene rings is 1. The van der Waals surface area contributed by atoms with Crippen LogP contribution >= 0.6 is 22.9 Å². The number of hydrogen-bond donors (Lipinski definition) is 1. The summed E-state index contributed by atoms with van der Waals surface area (Å²) < 4.78 is 0. The van der Waals surface area contributed by atoms with Crippen LogP contribution in [0.5, 0.6) is 0 Å². The lowest BCUT2D eigenvalue weighted by molar-refractivity contribution is -0.121. The first-order chi connectivity index (χ1) is 12.1. The van der Waals surface area contributed by atoms with Crippen LogP contribution in [0, 0.1) is 11.3 Å². The number of amides is 2. The van der Waals surface area contributed by atoms with Crippen molar-refractivity contribution in [2.45, 2.75) is 25.3 Å². The summed E-state index contributed by atoms with van der Waals surface area (Å²) in [5.41, 5.74) is 0.801. The van der Waals surface area contributed by atoms with E-state index in [2.05, 4.69) is 5.32 Å². The maximum Gasteiger partial charge on any atom is 0.264 e.